The molecular formula is C18H31N. The maximum atomic E-state index is 3.52. The SMILES string of the molecule is CC(C)C1CC(C#CCC2CCN(C(C)C)CC2)C1. The minimum absolute atomic E-state index is 0.718. The van der Waals surface area contributed by atoms with E-state index in [4.69, 9.17) is 0 Å². The van der Waals surface area contributed by atoms with Crippen molar-refractivity contribution in [1.29, 1.82) is 0 Å². The molecule has 1 heterocycles. The highest BCUT2D eigenvalue weighted by Gasteiger charge is 2.29. The fourth-order valence-electron chi connectivity index (χ4n) is 3.35. The summed E-state index contributed by atoms with van der Waals surface area (Å²) in [6, 6.07) is 0.718. The Morgan fingerprint density at radius 2 is 1.68 bits per heavy atom. The van der Waals surface area contributed by atoms with E-state index in [1.807, 2.05) is 0 Å². The van der Waals surface area contributed by atoms with Gasteiger partial charge >= 0.3 is 0 Å². The number of likely N-dealkylation sites (tertiary alicyclic amines) is 1. The molecule has 2 rings (SSSR count). The molecule has 19 heavy (non-hydrogen) atoms. The van der Waals surface area contributed by atoms with Crippen LogP contribution in [0.15, 0.2) is 0 Å². The third-order valence-corrected chi connectivity index (χ3v) is 5.19. The smallest absolute Gasteiger partial charge is 0.0208 e. The van der Waals surface area contributed by atoms with Crippen LogP contribution in [0.4, 0.5) is 0 Å². The standard InChI is InChI=1S/C18H31N/c1-14(2)18-12-17(13-18)7-5-6-16-8-10-19(11-9-16)15(3)4/h14-18H,6,8-13H2,1-4H3. The van der Waals surface area contributed by atoms with Crippen LogP contribution in [0.5, 0.6) is 0 Å². The van der Waals surface area contributed by atoms with Crippen molar-refractivity contribution in [1.82, 2.24) is 4.90 Å². The Bertz CT molecular complexity index is 319. The lowest BCUT2D eigenvalue weighted by Gasteiger charge is -2.35. The number of hydrogen-bond acceptors (Lipinski definition) is 1. The van der Waals surface area contributed by atoms with E-state index in [2.05, 4.69) is 44.4 Å². The van der Waals surface area contributed by atoms with E-state index in [-0.39, 0.29) is 0 Å². The minimum Gasteiger partial charge on any atom is -0.301 e. The van der Waals surface area contributed by atoms with Gasteiger partial charge in [0.2, 0.25) is 0 Å². The summed E-state index contributed by atoms with van der Waals surface area (Å²) < 4.78 is 0. The van der Waals surface area contributed by atoms with Gasteiger partial charge in [-0.1, -0.05) is 19.8 Å². The zero-order valence-electron chi connectivity index (χ0n) is 13.3. The zero-order valence-corrected chi connectivity index (χ0v) is 13.3. The molecular weight excluding hydrogens is 230 g/mol. The van der Waals surface area contributed by atoms with Gasteiger partial charge in [0, 0.05) is 18.4 Å². The van der Waals surface area contributed by atoms with Crippen molar-refractivity contribution in [3.8, 4) is 11.8 Å². The lowest BCUT2D eigenvalue weighted by molar-refractivity contribution is 0.151. The first-order chi connectivity index (χ1) is 9.06. The quantitative estimate of drug-likeness (QED) is 0.689. The van der Waals surface area contributed by atoms with Crippen molar-refractivity contribution < 1.29 is 0 Å². The molecule has 2 aliphatic rings. The maximum Gasteiger partial charge on any atom is 0.0208 e. The first-order valence-corrected chi connectivity index (χ1v) is 8.28. The van der Waals surface area contributed by atoms with Crippen LogP contribution in [0.3, 0.4) is 0 Å². The molecule has 0 aromatic rings. The molecule has 0 aromatic carbocycles. The van der Waals surface area contributed by atoms with Crippen molar-refractivity contribution in [2.24, 2.45) is 23.7 Å². The molecule has 0 radical (unpaired) electrons. The average Bonchev–Trinajstić information content (AvgIpc) is 2.32. The Kier molecular flexibility index (Phi) is 5.34. The summed E-state index contributed by atoms with van der Waals surface area (Å²) >= 11 is 0. The van der Waals surface area contributed by atoms with E-state index in [1.54, 1.807) is 0 Å². The monoisotopic (exact) mass is 261 g/mol. The molecule has 0 atom stereocenters. The van der Waals surface area contributed by atoms with Crippen molar-refractivity contribution in [2.75, 3.05) is 13.1 Å². The largest absolute Gasteiger partial charge is 0.301 e. The van der Waals surface area contributed by atoms with Crippen LogP contribution in [0.1, 0.15) is 59.8 Å². The van der Waals surface area contributed by atoms with Gasteiger partial charge in [0.1, 0.15) is 0 Å². The number of rotatable bonds is 3. The predicted octanol–water partition coefficient (Wildman–Crippen LogP) is 4.18. The maximum absolute atomic E-state index is 3.52. The number of nitrogens with zero attached hydrogens (tertiary/aromatic N) is 1. The third kappa shape index (κ3) is 4.25. The fourth-order valence-corrected chi connectivity index (χ4v) is 3.35. The van der Waals surface area contributed by atoms with Crippen molar-refractivity contribution in [3.05, 3.63) is 0 Å². The highest BCUT2D eigenvalue weighted by molar-refractivity contribution is 5.09. The van der Waals surface area contributed by atoms with Gasteiger partial charge in [0.05, 0.1) is 0 Å². The Morgan fingerprint density at radius 1 is 1.05 bits per heavy atom. The molecule has 0 bridgehead atoms. The van der Waals surface area contributed by atoms with Gasteiger partial charge in [0.25, 0.3) is 0 Å². The van der Waals surface area contributed by atoms with Gasteiger partial charge in [-0.05, 0) is 70.4 Å². The molecule has 0 amide bonds. The summed E-state index contributed by atoms with van der Waals surface area (Å²) in [6.45, 7) is 11.9. The second-order valence-corrected chi connectivity index (χ2v) is 7.27. The normalized spacial score (nSPS) is 29.2. The van der Waals surface area contributed by atoms with Gasteiger partial charge in [-0.3, -0.25) is 0 Å². The summed E-state index contributed by atoms with van der Waals surface area (Å²) in [7, 11) is 0. The molecule has 1 heteroatoms. The second kappa shape index (κ2) is 6.80. The average molecular weight is 261 g/mol. The lowest BCUT2D eigenvalue weighted by atomic mass is 9.70. The van der Waals surface area contributed by atoms with Crippen LogP contribution in [0.25, 0.3) is 0 Å². The first kappa shape index (κ1) is 14.9. The lowest BCUT2D eigenvalue weighted by Crippen LogP contribution is -2.38. The number of piperidine rings is 1. The minimum atomic E-state index is 0.718. The molecule has 1 aliphatic carbocycles. The molecule has 0 spiro atoms. The highest BCUT2D eigenvalue weighted by Crippen LogP contribution is 2.38. The van der Waals surface area contributed by atoms with E-state index in [0.717, 1.165) is 36.1 Å². The third-order valence-electron chi connectivity index (χ3n) is 5.19. The van der Waals surface area contributed by atoms with E-state index >= 15 is 0 Å². The Balaban J connectivity index is 1.63. The Hall–Kier alpha value is -0.480. The van der Waals surface area contributed by atoms with E-state index in [0.29, 0.717) is 0 Å². The number of hydrogen-bond donors (Lipinski definition) is 0. The van der Waals surface area contributed by atoms with Crippen LogP contribution >= 0.6 is 0 Å². The summed E-state index contributed by atoms with van der Waals surface area (Å²) in [6.07, 6.45) is 6.57. The van der Waals surface area contributed by atoms with Gasteiger partial charge < -0.3 is 4.90 Å². The first-order valence-electron chi connectivity index (χ1n) is 8.28. The van der Waals surface area contributed by atoms with Gasteiger partial charge in [-0.15, -0.1) is 5.92 Å². The van der Waals surface area contributed by atoms with Gasteiger partial charge in [0.15, 0.2) is 0 Å². The molecule has 108 valence electrons. The molecule has 0 aromatic heterocycles. The van der Waals surface area contributed by atoms with E-state index in [9.17, 15) is 0 Å². The highest BCUT2D eigenvalue weighted by atomic mass is 15.1. The predicted molar refractivity (Wildman–Crippen MR) is 82.9 cm³/mol. The van der Waals surface area contributed by atoms with Crippen LogP contribution in [-0.2, 0) is 0 Å². The van der Waals surface area contributed by atoms with Crippen LogP contribution < -0.4 is 0 Å². The summed E-state index contributed by atoms with van der Waals surface area (Å²) in [5.74, 6) is 10.4. The van der Waals surface area contributed by atoms with Crippen molar-refractivity contribution >= 4 is 0 Å². The molecule has 1 aliphatic heterocycles. The van der Waals surface area contributed by atoms with Crippen molar-refractivity contribution in [2.45, 2.75) is 65.8 Å². The molecule has 1 nitrogen and oxygen atoms in total. The van der Waals surface area contributed by atoms with Gasteiger partial charge in [-0.25, -0.2) is 0 Å². The van der Waals surface area contributed by atoms with E-state index < -0.39 is 0 Å². The van der Waals surface area contributed by atoms with Crippen molar-refractivity contribution in [3.63, 3.8) is 0 Å². The van der Waals surface area contributed by atoms with Gasteiger partial charge in [-0.2, -0.15) is 0 Å². The van der Waals surface area contributed by atoms with Crippen LogP contribution in [0, 0.1) is 35.5 Å². The molecule has 1 saturated heterocycles. The molecule has 0 N–H and O–H groups in total. The molecule has 0 unspecified atom stereocenters. The zero-order chi connectivity index (χ0) is 13.8. The molecule has 2 fully saturated rings. The summed E-state index contributed by atoms with van der Waals surface area (Å²) in [4.78, 5) is 2.60. The Morgan fingerprint density at radius 3 is 2.21 bits per heavy atom. The fraction of sp³-hybridized carbons (Fsp3) is 0.889. The summed E-state index contributed by atoms with van der Waals surface area (Å²) in [5, 5.41) is 0. The van der Waals surface area contributed by atoms with E-state index in [1.165, 1.54) is 38.8 Å². The second-order valence-electron chi connectivity index (χ2n) is 7.27. The van der Waals surface area contributed by atoms with Crippen LogP contribution in [0.2, 0.25) is 0 Å². The molecule has 1 saturated carbocycles. The van der Waals surface area contributed by atoms with Crippen LogP contribution in [-0.4, -0.2) is 24.0 Å². The topological polar surface area (TPSA) is 3.24 Å². The Labute approximate surface area is 120 Å². The summed E-state index contributed by atoms with van der Waals surface area (Å²) in [5.41, 5.74) is 0.